The van der Waals surface area contributed by atoms with E-state index in [1.807, 2.05) is 0 Å². The zero-order chi connectivity index (χ0) is 21.9. The Hall–Kier alpha value is -2.88. The molecular formula is C20H17ClN2O5S2. The van der Waals surface area contributed by atoms with E-state index < -0.39 is 25.8 Å². The van der Waals surface area contributed by atoms with Crippen molar-refractivity contribution in [1.29, 1.82) is 0 Å². The molecule has 7 nitrogen and oxygen atoms in total. The largest absolute Gasteiger partial charge is 0.321 e. The summed E-state index contributed by atoms with van der Waals surface area (Å²) in [6, 6.07) is 17.5. The van der Waals surface area contributed by atoms with Crippen LogP contribution in [0.3, 0.4) is 0 Å². The number of benzene rings is 3. The van der Waals surface area contributed by atoms with Gasteiger partial charge in [0.2, 0.25) is 0 Å². The van der Waals surface area contributed by atoms with Gasteiger partial charge in [-0.1, -0.05) is 23.7 Å². The molecule has 0 atom stereocenters. The van der Waals surface area contributed by atoms with Crippen molar-refractivity contribution in [3.8, 4) is 0 Å². The summed E-state index contributed by atoms with van der Waals surface area (Å²) in [5.74, 6) is -0.529. The van der Waals surface area contributed by atoms with Crippen LogP contribution in [0.15, 0.2) is 82.6 Å². The predicted molar refractivity (Wildman–Crippen MR) is 116 cm³/mol. The Morgan fingerprint density at radius 1 is 0.833 bits per heavy atom. The van der Waals surface area contributed by atoms with Crippen LogP contribution in [0.25, 0.3) is 0 Å². The van der Waals surface area contributed by atoms with Crippen LogP contribution in [0.1, 0.15) is 10.4 Å². The van der Waals surface area contributed by atoms with Crippen molar-refractivity contribution >= 4 is 48.7 Å². The van der Waals surface area contributed by atoms with Crippen molar-refractivity contribution in [1.82, 2.24) is 0 Å². The lowest BCUT2D eigenvalue weighted by Crippen LogP contribution is -2.15. The lowest BCUT2D eigenvalue weighted by Gasteiger charge is -2.11. The number of rotatable bonds is 6. The minimum atomic E-state index is -3.81. The van der Waals surface area contributed by atoms with Crippen LogP contribution in [0.2, 0.25) is 5.02 Å². The summed E-state index contributed by atoms with van der Waals surface area (Å²) in [6.45, 7) is 0. The van der Waals surface area contributed by atoms with Gasteiger partial charge in [-0.3, -0.25) is 9.52 Å². The molecule has 0 heterocycles. The van der Waals surface area contributed by atoms with E-state index in [0.717, 1.165) is 6.26 Å². The van der Waals surface area contributed by atoms with E-state index in [-0.39, 0.29) is 26.7 Å². The van der Waals surface area contributed by atoms with E-state index in [4.69, 9.17) is 11.6 Å². The number of hydrogen-bond acceptors (Lipinski definition) is 5. The summed E-state index contributed by atoms with van der Waals surface area (Å²) in [4.78, 5) is 12.5. The van der Waals surface area contributed by atoms with Gasteiger partial charge in [0.15, 0.2) is 9.84 Å². The fourth-order valence-electron chi connectivity index (χ4n) is 2.61. The Morgan fingerprint density at radius 3 is 2.03 bits per heavy atom. The number of carbonyl (C=O) groups excluding carboxylic acids is 1. The number of para-hydroxylation sites is 1. The number of sulfone groups is 1. The smallest absolute Gasteiger partial charge is 0.261 e. The molecule has 0 aromatic heterocycles. The molecule has 3 rings (SSSR count). The number of hydrogen-bond donors (Lipinski definition) is 2. The summed E-state index contributed by atoms with van der Waals surface area (Å²) in [5.41, 5.74) is 0.656. The molecule has 1 amide bonds. The monoisotopic (exact) mass is 464 g/mol. The molecule has 0 aliphatic carbocycles. The second-order valence-corrected chi connectivity index (χ2v) is 10.5. The Morgan fingerprint density at radius 2 is 1.43 bits per heavy atom. The van der Waals surface area contributed by atoms with Crippen molar-refractivity contribution in [2.24, 2.45) is 0 Å². The van der Waals surface area contributed by atoms with Gasteiger partial charge in [-0.15, -0.1) is 0 Å². The fourth-order valence-corrected chi connectivity index (χ4v) is 4.63. The first-order valence-corrected chi connectivity index (χ1v) is 12.3. The molecule has 0 radical (unpaired) electrons. The SMILES string of the molecule is CS(=O)(=O)c1ccccc1NC(=O)c1ccc(NS(=O)(=O)c2ccc(Cl)cc2)cc1. The van der Waals surface area contributed by atoms with Crippen LogP contribution in [-0.4, -0.2) is 29.0 Å². The molecule has 0 saturated heterocycles. The van der Waals surface area contributed by atoms with Gasteiger partial charge < -0.3 is 5.32 Å². The summed E-state index contributed by atoms with van der Waals surface area (Å²) < 4.78 is 51.0. The quantitative estimate of drug-likeness (QED) is 0.576. The minimum Gasteiger partial charge on any atom is -0.321 e. The van der Waals surface area contributed by atoms with Crippen LogP contribution >= 0.6 is 11.6 Å². The molecule has 0 fully saturated rings. The van der Waals surface area contributed by atoms with Crippen LogP contribution in [0.4, 0.5) is 11.4 Å². The molecule has 0 bridgehead atoms. The van der Waals surface area contributed by atoms with Crippen molar-refractivity contribution in [2.45, 2.75) is 9.79 Å². The average Bonchev–Trinajstić information content (AvgIpc) is 2.68. The highest BCUT2D eigenvalue weighted by atomic mass is 35.5. The zero-order valence-corrected chi connectivity index (χ0v) is 18.1. The fraction of sp³-hybridized carbons (Fsp3) is 0.0500. The van der Waals surface area contributed by atoms with E-state index in [1.165, 1.54) is 60.7 Å². The molecule has 10 heteroatoms. The number of amides is 1. The third kappa shape index (κ3) is 5.18. The molecule has 0 aliphatic rings. The standard InChI is InChI=1S/C20H17ClN2O5S2/c1-29(25,26)19-5-3-2-4-18(19)22-20(24)14-6-10-16(11-7-14)23-30(27,28)17-12-8-15(21)9-13-17/h2-13,23H,1H3,(H,22,24). The Labute approximate surface area is 179 Å². The third-order valence-corrected chi connectivity index (χ3v) is 6.86. The van der Waals surface area contributed by atoms with Gasteiger partial charge in [0.25, 0.3) is 15.9 Å². The van der Waals surface area contributed by atoms with Gasteiger partial charge in [-0.2, -0.15) is 0 Å². The maximum Gasteiger partial charge on any atom is 0.261 e. The van der Waals surface area contributed by atoms with Crippen LogP contribution in [-0.2, 0) is 19.9 Å². The highest BCUT2D eigenvalue weighted by molar-refractivity contribution is 7.92. The first kappa shape index (κ1) is 21.8. The predicted octanol–water partition coefficient (Wildman–Crippen LogP) is 3.80. The molecule has 30 heavy (non-hydrogen) atoms. The van der Waals surface area contributed by atoms with E-state index in [1.54, 1.807) is 12.1 Å². The normalized spacial score (nSPS) is 11.7. The van der Waals surface area contributed by atoms with Crippen molar-refractivity contribution < 1.29 is 21.6 Å². The maximum absolute atomic E-state index is 12.5. The molecule has 3 aromatic carbocycles. The number of halogens is 1. The van der Waals surface area contributed by atoms with Crippen LogP contribution in [0, 0.1) is 0 Å². The van der Waals surface area contributed by atoms with Gasteiger partial charge in [0, 0.05) is 22.5 Å². The summed E-state index contributed by atoms with van der Waals surface area (Å²) >= 11 is 5.78. The molecular weight excluding hydrogens is 448 g/mol. The van der Waals surface area contributed by atoms with Gasteiger partial charge in [0.05, 0.1) is 15.5 Å². The van der Waals surface area contributed by atoms with Gasteiger partial charge in [-0.25, -0.2) is 16.8 Å². The topological polar surface area (TPSA) is 109 Å². The summed E-state index contributed by atoms with van der Waals surface area (Å²) in [7, 11) is -7.33. The Balaban J connectivity index is 1.76. The second-order valence-electron chi connectivity index (χ2n) is 6.36. The first-order chi connectivity index (χ1) is 14.1. The van der Waals surface area contributed by atoms with Crippen molar-refractivity contribution in [2.75, 3.05) is 16.3 Å². The first-order valence-electron chi connectivity index (χ1n) is 8.55. The number of sulfonamides is 1. The molecule has 3 aromatic rings. The molecule has 0 saturated carbocycles. The highest BCUT2D eigenvalue weighted by Crippen LogP contribution is 2.22. The van der Waals surface area contributed by atoms with E-state index in [0.29, 0.717) is 5.02 Å². The Bertz CT molecular complexity index is 1290. The molecule has 156 valence electrons. The Kier molecular flexibility index (Phi) is 6.16. The third-order valence-electron chi connectivity index (χ3n) is 4.06. The highest BCUT2D eigenvalue weighted by Gasteiger charge is 2.17. The van der Waals surface area contributed by atoms with Crippen LogP contribution in [0.5, 0.6) is 0 Å². The van der Waals surface area contributed by atoms with Crippen molar-refractivity contribution in [3.05, 3.63) is 83.4 Å². The van der Waals surface area contributed by atoms with E-state index in [2.05, 4.69) is 10.0 Å². The number of nitrogens with one attached hydrogen (secondary N) is 2. The number of carbonyl (C=O) groups is 1. The summed E-state index contributed by atoms with van der Waals surface area (Å²) in [6.07, 6.45) is 1.06. The maximum atomic E-state index is 12.5. The van der Waals surface area contributed by atoms with Crippen molar-refractivity contribution in [3.63, 3.8) is 0 Å². The van der Waals surface area contributed by atoms with Crippen LogP contribution < -0.4 is 10.0 Å². The van der Waals surface area contributed by atoms with Gasteiger partial charge in [0.1, 0.15) is 0 Å². The van der Waals surface area contributed by atoms with Gasteiger partial charge >= 0.3 is 0 Å². The lowest BCUT2D eigenvalue weighted by atomic mass is 10.2. The van der Waals surface area contributed by atoms with E-state index >= 15 is 0 Å². The zero-order valence-electron chi connectivity index (χ0n) is 15.7. The summed E-state index contributed by atoms with van der Waals surface area (Å²) in [5, 5.41) is 2.98. The molecule has 0 aliphatic heterocycles. The lowest BCUT2D eigenvalue weighted by molar-refractivity contribution is 0.102. The minimum absolute atomic E-state index is 0.00527. The molecule has 0 spiro atoms. The molecule has 2 N–H and O–H groups in total. The number of anilines is 2. The molecule has 0 unspecified atom stereocenters. The average molecular weight is 465 g/mol. The second kappa shape index (κ2) is 8.47. The van der Waals surface area contributed by atoms with E-state index in [9.17, 15) is 21.6 Å². The van der Waals surface area contributed by atoms with Gasteiger partial charge in [-0.05, 0) is 60.7 Å².